The molecule has 19 heavy (non-hydrogen) atoms. The minimum absolute atomic E-state index is 0.0336. The summed E-state index contributed by atoms with van der Waals surface area (Å²) in [7, 11) is 0. The van der Waals surface area contributed by atoms with Crippen LogP contribution in [-0.4, -0.2) is 11.2 Å². The van der Waals surface area contributed by atoms with Gasteiger partial charge in [-0.1, -0.05) is 26.2 Å². The third-order valence-corrected chi connectivity index (χ3v) is 7.83. The highest BCUT2D eigenvalue weighted by atomic mass is 16.3. The average Bonchev–Trinajstić information content (AvgIpc) is 2.89. The normalized spacial score (nSPS) is 57.2. The zero-order valence-electron chi connectivity index (χ0n) is 12.5. The summed E-state index contributed by atoms with van der Waals surface area (Å²) in [6, 6.07) is 0. The summed E-state index contributed by atoms with van der Waals surface area (Å²) < 4.78 is 0. The number of hydrogen-bond donors (Lipinski definition) is 1. The largest absolute Gasteiger partial charge is 0.393 e. The lowest BCUT2D eigenvalue weighted by molar-refractivity contribution is -0.121. The smallest absolute Gasteiger partial charge is 0.0574 e. The lowest BCUT2D eigenvalue weighted by Gasteiger charge is -2.59. The molecule has 4 rings (SSSR count). The minimum Gasteiger partial charge on any atom is -0.393 e. The van der Waals surface area contributed by atoms with Crippen molar-refractivity contribution in [1.82, 2.24) is 0 Å². The van der Waals surface area contributed by atoms with Crippen LogP contribution in [0.5, 0.6) is 0 Å². The Morgan fingerprint density at radius 2 is 1.68 bits per heavy atom. The molecule has 0 aromatic carbocycles. The number of hydrogen-bond acceptors (Lipinski definition) is 1. The van der Waals surface area contributed by atoms with E-state index >= 15 is 0 Å². The molecule has 6 unspecified atom stereocenters. The van der Waals surface area contributed by atoms with Gasteiger partial charge >= 0.3 is 0 Å². The van der Waals surface area contributed by atoms with Gasteiger partial charge in [-0.25, -0.2) is 0 Å². The van der Waals surface area contributed by atoms with Crippen molar-refractivity contribution in [3.63, 3.8) is 0 Å². The van der Waals surface area contributed by atoms with Crippen molar-refractivity contribution in [2.45, 2.75) is 77.2 Å². The van der Waals surface area contributed by atoms with E-state index in [0.29, 0.717) is 11.3 Å². The van der Waals surface area contributed by atoms with Crippen molar-refractivity contribution in [2.75, 3.05) is 0 Å². The van der Waals surface area contributed by atoms with Gasteiger partial charge in [0.05, 0.1) is 6.10 Å². The highest BCUT2D eigenvalue weighted by Crippen LogP contribution is 2.62. The molecule has 0 aliphatic heterocycles. The van der Waals surface area contributed by atoms with Gasteiger partial charge in [0.15, 0.2) is 0 Å². The molecule has 0 saturated heterocycles. The zero-order valence-corrected chi connectivity index (χ0v) is 12.5. The van der Waals surface area contributed by atoms with Crippen LogP contribution in [0.3, 0.4) is 0 Å². The molecule has 0 aromatic heterocycles. The van der Waals surface area contributed by atoms with Crippen molar-refractivity contribution in [1.29, 1.82) is 0 Å². The van der Waals surface area contributed by atoms with Crippen molar-refractivity contribution in [3.8, 4) is 0 Å². The Hall–Kier alpha value is -0.0400. The maximum absolute atomic E-state index is 10.6. The van der Waals surface area contributed by atoms with E-state index < -0.39 is 0 Å². The predicted octanol–water partition coefficient (Wildman–Crippen LogP) is 4.39. The van der Waals surface area contributed by atoms with Gasteiger partial charge in [-0.2, -0.15) is 0 Å². The Bertz CT molecular complexity index is 352. The van der Waals surface area contributed by atoms with E-state index in [-0.39, 0.29) is 6.10 Å². The molecule has 4 aliphatic rings. The molecule has 7 atom stereocenters. The quantitative estimate of drug-likeness (QED) is 0.686. The number of fused-ring (bicyclic) bond motifs is 5. The molecule has 0 heterocycles. The summed E-state index contributed by atoms with van der Waals surface area (Å²) >= 11 is 0. The first-order valence-electron chi connectivity index (χ1n) is 8.88. The fraction of sp³-hybridized carbons (Fsp3) is 1.00. The molecule has 0 aromatic rings. The first-order chi connectivity index (χ1) is 9.20. The van der Waals surface area contributed by atoms with E-state index in [1.807, 2.05) is 0 Å². The van der Waals surface area contributed by atoms with Gasteiger partial charge in [0, 0.05) is 0 Å². The van der Waals surface area contributed by atoms with Crippen LogP contribution in [0.1, 0.15) is 71.1 Å². The highest BCUT2D eigenvalue weighted by molar-refractivity contribution is 5.05. The second-order valence-corrected chi connectivity index (χ2v) is 8.36. The molecular weight excluding hydrogens is 232 g/mol. The Morgan fingerprint density at radius 1 is 0.842 bits per heavy atom. The van der Waals surface area contributed by atoms with Gasteiger partial charge in [-0.05, 0) is 80.0 Å². The maximum Gasteiger partial charge on any atom is 0.0574 e. The van der Waals surface area contributed by atoms with Gasteiger partial charge < -0.3 is 5.11 Å². The summed E-state index contributed by atoms with van der Waals surface area (Å²) in [5, 5.41) is 10.6. The molecule has 0 amide bonds. The summed E-state index contributed by atoms with van der Waals surface area (Å²) in [6.07, 6.45) is 14.1. The summed E-state index contributed by atoms with van der Waals surface area (Å²) in [5.74, 6) is 4.35. The van der Waals surface area contributed by atoms with E-state index in [4.69, 9.17) is 0 Å². The Kier molecular flexibility index (Phi) is 2.99. The third kappa shape index (κ3) is 1.76. The summed E-state index contributed by atoms with van der Waals surface area (Å²) in [6.45, 7) is 2.59. The molecule has 4 fully saturated rings. The van der Waals surface area contributed by atoms with E-state index in [0.717, 1.165) is 30.1 Å². The molecule has 4 aliphatic carbocycles. The van der Waals surface area contributed by atoms with Crippen molar-refractivity contribution < 1.29 is 5.11 Å². The summed E-state index contributed by atoms with van der Waals surface area (Å²) in [4.78, 5) is 0. The number of aliphatic hydroxyl groups excluding tert-OH is 1. The zero-order chi connectivity index (χ0) is 13.0. The Morgan fingerprint density at radius 3 is 2.58 bits per heavy atom. The molecule has 1 nitrogen and oxygen atoms in total. The highest BCUT2D eigenvalue weighted by Gasteiger charge is 2.56. The minimum atomic E-state index is 0.0336. The van der Waals surface area contributed by atoms with Crippen LogP contribution < -0.4 is 0 Å². The lowest BCUT2D eigenvalue weighted by Crippen LogP contribution is -2.53. The molecule has 0 spiro atoms. The monoisotopic (exact) mass is 262 g/mol. The van der Waals surface area contributed by atoms with Crippen molar-refractivity contribution in [3.05, 3.63) is 0 Å². The molecule has 1 N–H and O–H groups in total. The molecule has 4 saturated carbocycles. The second-order valence-electron chi connectivity index (χ2n) is 8.36. The fourth-order valence-electron chi connectivity index (χ4n) is 6.89. The Labute approximate surface area is 118 Å². The van der Waals surface area contributed by atoms with Crippen LogP contribution in [0, 0.1) is 35.0 Å². The molecule has 1 heteroatoms. The lowest BCUT2D eigenvalue weighted by atomic mass is 9.47. The van der Waals surface area contributed by atoms with E-state index in [2.05, 4.69) is 6.92 Å². The second kappa shape index (κ2) is 4.48. The van der Waals surface area contributed by atoms with Crippen LogP contribution in [-0.2, 0) is 0 Å². The van der Waals surface area contributed by atoms with Crippen molar-refractivity contribution >= 4 is 0 Å². The molecule has 0 bridgehead atoms. The average molecular weight is 262 g/mol. The maximum atomic E-state index is 10.6. The molecule has 0 radical (unpaired) electrons. The Balaban J connectivity index is 1.65. The first kappa shape index (κ1) is 12.7. The van der Waals surface area contributed by atoms with E-state index in [9.17, 15) is 5.11 Å². The van der Waals surface area contributed by atoms with Gasteiger partial charge in [0.25, 0.3) is 0 Å². The number of rotatable bonds is 0. The van der Waals surface area contributed by atoms with Crippen molar-refractivity contribution in [2.24, 2.45) is 35.0 Å². The SMILES string of the molecule is CC12CCCCC1CCC1C3CCCC3[C@@H](O)CC12. The van der Waals surface area contributed by atoms with Gasteiger partial charge in [-0.3, -0.25) is 0 Å². The predicted molar refractivity (Wildman–Crippen MR) is 77.7 cm³/mol. The van der Waals surface area contributed by atoms with Gasteiger partial charge in [-0.15, -0.1) is 0 Å². The van der Waals surface area contributed by atoms with E-state index in [1.54, 1.807) is 0 Å². The topological polar surface area (TPSA) is 20.2 Å². The van der Waals surface area contributed by atoms with Crippen LogP contribution in [0.15, 0.2) is 0 Å². The number of aliphatic hydroxyl groups is 1. The summed E-state index contributed by atoms with van der Waals surface area (Å²) in [5.41, 5.74) is 0.579. The van der Waals surface area contributed by atoms with Gasteiger partial charge in [0.1, 0.15) is 0 Å². The third-order valence-electron chi connectivity index (χ3n) is 7.83. The van der Waals surface area contributed by atoms with Gasteiger partial charge in [0.2, 0.25) is 0 Å². The standard InChI is InChI=1S/C18H30O/c1-18-10-3-2-5-12(18)8-9-14-13-6-4-7-15(13)17(19)11-16(14)18/h12-17,19H,2-11H2,1H3/t12?,13?,14?,15?,16?,17-,18?/m0/s1. The van der Waals surface area contributed by atoms with Crippen LogP contribution >= 0.6 is 0 Å². The van der Waals surface area contributed by atoms with Crippen LogP contribution in [0.2, 0.25) is 0 Å². The fourth-order valence-corrected chi connectivity index (χ4v) is 6.89. The van der Waals surface area contributed by atoms with Crippen LogP contribution in [0.25, 0.3) is 0 Å². The van der Waals surface area contributed by atoms with Crippen LogP contribution in [0.4, 0.5) is 0 Å². The molecule has 108 valence electrons. The first-order valence-corrected chi connectivity index (χ1v) is 8.88. The molecular formula is C18H30O. The van der Waals surface area contributed by atoms with E-state index in [1.165, 1.54) is 57.8 Å².